The van der Waals surface area contributed by atoms with Crippen LogP contribution < -0.4 is 11.1 Å². The molecule has 0 spiro atoms. The van der Waals surface area contributed by atoms with Crippen molar-refractivity contribution in [1.29, 1.82) is 0 Å². The van der Waals surface area contributed by atoms with E-state index in [2.05, 4.69) is 39.6 Å². The highest BCUT2D eigenvalue weighted by Crippen LogP contribution is 2.21. The van der Waals surface area contributed by atoms with Gasteiger partial charge in [-0.25, -0.2) is 9.97 Å². The summed E-state index contributed by atoms with van der Waals surface area (Å²) in [4.78, 5) is 36.8. The van der Waals surface area contributed by atoms with Gasteiger partial charge in [-0.3, -0.25) is 9.59 Å². The molecule has 0 saturated carbocycles. The van der Waals surface area contributed by atoms with E-state index in [1.165, 1.54) is 5.56 Å². The summed E-state index contributed by atoms with van der Waals surface area (Å²) in [7, 11) is 0. The van der Waals surface area contributed by atoms with Crippen molar-refractivity contribution in [3.05, 3.63) is 71.9 Å². The first-order chi connectivity index (χ1) is 16.5. The Hall–Kier alpha value is -3.78. The molecule has 4 rings (SSSR count). The van der Waals surface area contributed by atoms with E-state index in [1.54, 1.807) is 35.1 Å². The Morgan fingerprint density at radius 2 is 1.62 bits per heavy atom. The van der Waals surface area contributed by atoms with Gasteiger partial charge in [0.2, 0.25) is 11.9 Å². The van der Waals surface area contributed by atoms with Gasteiger partial charge in [0, 0.05) is 56.1 Å². The van der Waals surface area contributed by atoms with Crippen LogP contribution in [0.5, 0.6) is 0 Å². The number of rotatable bonds is 7. The summed E-state index contributed by atoms with van der Waals surface area (Å²) in [5, 5.41) is 3.21. The first kappa shape index (κ1) is 23.4. The quantitative estimate of drug-likeness (QED) is 0.564. The fourth-order valence-electron chi connectivity index (χ4n) is 3.96. The second-order valence-corrected chi connectivity index (χ2v) is 8.36. The van der Waals surface area contributed by atoms with Gasteiger partial charge in [-0.05, 0) is 55.3 Å². The highest BCUT2D eigenvalue weighted by molar-refractivity contribution is 5.94. The number of carbonyl (C=O) groups excluding carboxylic acids is 2. The van der Waals surface area contributed by atoms with Gasteiger partial charge in [0.05, 0.1) is 5.69 Å². The van der Waals surface area contributed by atoms with Gasteiger partial charge >= 0.3 is 0 Å². The third-order valence-electron chi connectivity index (χ3n) is 5.98. The molecule has 1 saturated heterocycles. The molecule has 0 unspecified atom stereocenters. The molecule has 176 valence electrons. The van der Waals surface area contributed by atoms with Gasteiger partial charge in [-0.1, -0.05) is 24.3 Å². The van der Waals surface area contributed by atoms with Gasteiger partial charge < -0.3 is 20.9 Å². The summed E-state index contributed by atoms with van der Waals surface area (Å²) in [5.74, 6) is 0.514. The highest BCUT2D eigenvalue weighted by atomic mass is 16.2. The molecule has 2 amide bonds. The van der Waals surface area contributed by atoms with Gasteiger partial charge in [-0.2, -0.15) is 0 Å². The van der Waals surface area contributed by atoms with E-state index in [4.69, 9.17) is 5.73 Å². The number of hydrogen-bond acceptors (Lipinski definition) is 6. The van der Waals surface area contributed by atoms with Crippen LogP contribution in [0.25, 0.3) is 11.3 Å². The minimum Gasteiger partial charge on any atom is -0.339 e. The second-order valence-electron chi connectivity index (χ2n) is 8.36. The van der Waals surface area contributed by atoms with Gasteiger partial charge in [0.15, 0.2) is 0 Å². The van der Waals surface area contributed by atoms with E-state index in [9.17, 15) is 9.59 Å². The summed E-state index contributed by atoms with van der Waals surface area (Å²) in [6.07, 6.45) is 3.67. The number of nitrogens with one attached hydrogen (secondary N) is 1. The van der Waals surface area contributed by atoms with Crippen LogP contribution in [-0.4, -0.2) is 64.3 Å². The lowest BCUT2D eigenvalue weighted by atomic mass is 10.1. The normalized spacial score (nSPS) is 13.6. The van der Waals surface area contributed by atoms with E-state index >= 15 is 0 Å². The Balaban J connectivity index is 1.38. The lowest BCUT2D eigenvalue weighted by Gasteiger charge is -2.34. The topological polar surface area (TPSA) is 104 Å². The number of amides is 2. The maximum Gasteiger partial charge on any atom is 0.253 e. The smallest absolute Gasteiger partial charge is 0.253 e. The Kier molecular flexibility index (Phi) is 7.49. The largest absolute Gasteiger partial charge is 0.339 e. The number of nitrogens with zero attached hydrogens (tertiary/aromatic N) is 4. The van der Waals surface area contributed by atoms with Crippen molar-refractivity contribution in [2.24, 2.45) is 5.73 Å². The summed E-state index contributed by atoms with van der Waals surface area (Å²) >= 11 is 0. The molecule has 1 aliphatic heterocycles. The fraction of sp³-hybridized carbons (Fsp3) is 0.308. The number of anilines is 2. The predicted octanol–water partition coefficient (Wildman–Crippen LogP) is 3.08. The van der Waals surface area contributed by atoms with Crippen molar-refractivity contribution in [3.63, 3.8) is 0 Å². The van der Waals surface area contributed by atoms with Crippen LogP contribution in [0.15, 0.2) is 60.8 Å². The van der Waals surface area contributed by atoms with Gasteiger partial charge in [0.1, 0.15) is 0 Å². The van der Waals surface area contributed by atoms with Gasteiger partial charge in [-0.15, -0.1) is 0 Å². The van der Waals surface area contributed by atoms with Crippen LogP contribution in [0.1, 0.15) is 29.3 Å². The van der Waals surface area contributed by atoms with Crippen molar-refractivity contribution >= 4 is 23.5 Å². The minimum atomic E-state index is -0.0251. The Morgan fingerprint density at radius 1 is 0.941 bits per heavy atom. The molecule has 34 heavy (non-hydrogen) atoms. The third-order valence-corrected chi connectivity index (χ3v) is 5.98. The number of nitrogens with two attached hydrogens (primary N) is 1. The van der Waals surface area contributed by atoms with E-state index < -0.39 is 0 Å². The zero-order chi connectivity index (χ0) is 23.9. The number of benzene rings is 2. The maximum absolute atomic E-state index is 12.8. The zero-order valence-corrected chi connectivity index (χ0v) is 19.4. The van der Waals surface area contributed by atoms with Crippen molar-refractivity contribution in [2.75, 3.05) is 38.0 Å². The molecule has 8 nitrogen and oxygen atoms in total. The first-order valence-electron chi connectivity index (χ1n) is 11.6. The lowest BCUT2D eigenvalue weighted by molar-refractivity contribution is -0.130. The van der Waals surface area contributed by atoms with Crippen molar-refractivity contribution in [2.45, 2.75) is 19.8 Å². The van der Waals surface area contributed by atoms with E-state index in [0.717, 1.165) is 29.8 Å². The third kappa shape index (κ3) is 5.77. The number of piperazine rings is 1. The van der Waals surface area contributed by atoms with Crippen LogP contribution in [0.4, 0.5) is 11.6 Å². The molecule has 3 aromatic rings. The standard InChI is InChI=1S/C26H30N6O2/c1-19(33)31-15-17-32(18-16-31)25(34)22-8-10-23(11-9-22)29-26-28-14-12-24(30-26)21-6-4-20(5-7-21)3-2-13-27/h4-12,14H,2-3,13,15-18,27H2,1H3,(H,28,29,30). The van der Waals surface area contributed by atoms with Crippen LogP contribution in [0.2, 0.25) is 0 Å². The van der Waals surface area contributed by atoms with Crippen LogP contribution in [0, 0.1) is 0 Å². The molecule has 1 aliphatic rings. The molecule has 0 aliphatic carbocycles. The maximum atomic E-state index is 12.8. The van der Waals surface area contributed by atoms with Crippen molar-refractivity contribution in [3.8, 4) is 11.3 Å². The molecule has 0 radical (unpaired) electrons. The van der Waals surface area contributed by atoms with E-state index in [1.807, 2.05) is 18.2 Å². The monoisotopic (exact) mass is 458 g/mol. The number of hydrogen-bond donors (Lipinski definition) is 2. The number of carbonyl (C=O) groups is 2. The van der Waals surface area contributed by atoms with Crippen LogP contribution >= 0.6 is 0 Å². The highest BCUT2D eigenvalue weighted by Gasteiger charge is 2.23. The molecule has 2 heterocycles. The summed E-state index contributed by atoms with van der Waals surface area (Å²) in [6.45, 7) is 4.49. The fourth-order valence-corrected chi connectivity index (χ4v) is 3.96. The van der Waals surface area contributed by atoms with Crippen molar-refractivity contribution < 1.29 is 9.59 Å². The van der Waals surface area contributed by atoms with Crippen LogP contribution in [0.3, 0.4) is 0 Å². The van der Waals surface area contributed by atoms with E-state index in [-0.39, 0.29) is 11.8 Å². The minimum absolute atomic E-state index is 0.0251. The molecule has 8 heteroatoms. The molecule has 0 bridgehead atoms. The Morgan fingerprint density at radius 3 is 2.26 bits per heavy atom. The molecule has 2 aromatic carbocycles. The van der Waals surface area contributed by atoms with Gasteiger partial charge in [0.25, 0.3) is 5.91 Å². The summed E-state index contributed by atoms with van der Waals surface area (Å²) < 4.78 is 0. The summed E-state index contributed by atoms with van der Waals surface area (Å²) in [5.41, 5.74) is 10.1. The Labute approximate surface area is 199 Å². The zero-order valence-electron chi connectivity index (χ0n) is 19.4. The average molecular weight is 459 g/mol. The molecule has 1 fully saturated rings. The molecular weight excluding hydrogens is 428 g/mol. The van der Waals surface area contributed by atoms with Crippen molar-refractivity contribution in [1.82, 2.24) is 19.8 Å². The molecule has 3 N–H and O–H groups in total. The molecular formula is C26H30N6O2. The summed E-state index contributed by atoms with van der Waals surface area (Å²) in [6, 6.07) is 17.5. The van der Waals surface area contributed by atoms with Crippen LogP contribution in [-0.2, 0) is 11.2 Å². The average Bonchev–Trinajstić information content (AvgIpc) is 2.88. The predicted molar refractivity (Wildman–Crippen MR) is 133 cm³/mol. The molecule has 0 atom stereocenters. The lowest BCUT2D eigenvalue weighted by Crippen LogP contribution is -2.50. The van der Waals surface area contributed by atoms with E-state index in [0.29, 0.717) is 44.2 Å². The second kappa shape index (κ2) is 10.9. The molecule has 1 aromatic heterocycles. The SMILES string of the molecule is CC(=O)N1CCN(C(=O)c2ccc(Nc3nccc(-c4ccc(CCCN)cc4)n3)cc2)CC1. The Bertz CT molecular complexity index is 1120. The number of aromatic nitrogens is 2. The number of aryl methyl sites for hydroxylation is 1. The first-order valence-corrected chi connectivity index (χ1v) is 11.6.